The number of thioether (sulfide) groups is 1. The monoisotopic (exact) mass is 647 g/mol. The lowest BCUT2D eigenvalue weighted by molar-refractivity contribution is -0.139. The number of nitrogens with one attached hydrogen (secondary N) is 5. The lowest BCUT2D eigenvalue weighted by atomic mass is 10.0. The van der Waals surface area contributed by atoms with Crippen LogP contribution < -0.4 is 26.6 Å². The molecule has 2 aliphatic rings. The predicted octanol–water partition coefficient (Wildman–Crippen LogP) is -4.39. The molecule has 242 valence electrons. The van der Waals surface area contributed by atoms with Gasteiger partial charge in [-0.2, -0.15) is 0 Å². The maximum Gasteiger partial charge on any atom is 0.253 e. The van der Waals surface area contributed by atoms with Crippen molar-refractivity contribution in [1.82, 2.24) is 36.4 Å². The van der Waals surface area contributed by atoms with Crippen LogP contribution in [-0.4, -0.2) is 133 Å². The molecule has 2 radical (unpaired) electrons. The molecule has 1 unspecified atom stereocenters. The van der Waals surface area contributed by atoms with Gasteiger partial charge in [0, 0.05) is 69.8 Å². The third kappa shape index (κ3) is 13.7. The third-order valence-corrected chi connectivity index (χ3v) is 7.44. The van der Waals surface area contributed by atoms with E-state index in [2.05, 4.69) is 26.6 Å². The van der Waals surface area contributed by atoms with Gasteiger partial charge in [-0.1, -0.05) is 0 Å². The maximum absolute atomic E-state index is 12.4. The van der Waals surface area contributed by atoms with E-state index < -0.39 is 71.9 Å². The van der Waals surface area contributed by atoms with Crippen LogP contribution in [-0.2, 0) is 47.9 Å². The lowest BCUT2D eigenvalue weighted by Gasteiger charge is -2.14. The topological polar surface area (TPSA) is 237 Å². The summed E-state index contributed by atoms with van der Waals surface area (Å²) in [7, 11) is 5.07. The first kappa shape index (κ1) is 36.6. The molecule has 0 aliphatic carbocycles. The van der Waals surface area contributed by atoms with Crippen LogP contribution in [0.25, 0.3) is 0 Å². The predicted molar refractivity (Wildman–Crippen MR) is 158 cm³/mol. The van der Waals surface area contributed by atoms with Crippen LogP contribution in [0, 0.1) is 0 Å². The van der Waals surface area contributed by atoms with Crippen molar-refractivity contribution in [2.45, 2.75) is 37.4 Å². The zero-order chi connectivity index (χ0) is 33.4. The number of nitrogens with zero attached hydrogens (tertiary/aromatic N) is 2. The highest BCUT2D eigenvalue weighted by Gasteiger charge is 2.38. The molecule has 0 aromatic heterocycles. The van der Waals surface area contributed by atoms with Crippen LogP contribution >= 0.6 is 11.8 Å². The third-order valence-electron chi connectivity index (χ3n) is 6.23. The van der Waals surface area contributed by atoms with Crippen molar-refractivity contribution in [1.29, 1.82) is 0 Å². The standard InChI is InChI=1S/C26H34BN7O10S/c27-17(35)6-11-45-16-12-25(43)34(26(16)44)9-1-2-18(36)30-14-21(39)32-15-22(40)31-13-20(38)28-7-5-19(37)29-8-10-33-23(41)3-4-24(33)42/h3-4,16H,1-2,5-15H2,(H,28,38)(H,29,37)(H,30,36)(H,31,40)(H,32,39). The molecule has 0 spiro atoms. The Kier molecular flexibility index (Phi) is 15.5. The summed E-state index contributed by atoms with van der Waals surface area (Å²) in [6.45, 7) is -1.20. The quantitative estimate of drug-likeness (QED) is 0.0625. The molecule has 1 atom stereocenters. The molecule has 9 amide bonds. The zero-order valence-electron chi connectivity index (χ0n) is 24.4. The minimum atomic E-state index is -0.672. The molecule has 17 nitrogen and oxygen atoms in total. The average molecular weight is 647 g/mol. The number of carbonyl (C=O) groups excluding carboxylic acids is 10. The Morgan fingerprint density at radius 1 is 0.689 bits per heavy atom. The summed E-state index contributed by atoms with van der Waals surface area (Å²) in [5, 5.41) is 11.3. The summed E-state index contributed by atoms with van der Waals surface area (Å²) in [5.41, 5.74) is -0.498. The summed E-state index contributed by atoms with van der Waals surface area (Å²) >= 11 is 1.18. The van der Waals surface area contributed by atoms with E-state index in [1.165, 1.54) is 11.8 Å². The van der Waals surface area contributed by atoms with Crippen LogP contribution in [0.5, 0.6) is 0 Å². The van der Waals surface area contributed by atoms with Crippen LogP contribution in [0.2, 0.25) is 0 Å². The molecule has 0 aromatic carbocycles. The van der Waals surface area contributed by atoms with Crippen molar-refractivity contribution in [3.63, 3.8) is 0 Å². The van der Waals surface area contributed by atoms with Crippen LogP contribution in [0.1, 0.15) is 32.1 Å². The van der Waals surface area contributed by atoms with E-state index in [4.69, 9.17) is 7.85 Å². The Balaban J connectivity index is 1.48. The van der Waals surface area contributed by atoms with Gasteiger partial charge in [0.1, 0.15) is 0 Å². The Bertz CT molecular complexity index is 1230. The molecule has 1 saturated heterocycles. The van der Waals surface area contributed by atoms with Gasteiger partial charge in [-0.3, -0.25) is 53.0 Å². The van der Waals surface area contributed by atoms with Crippen molar-refractivity contribution in [2.24, 2.45) is 0 Å². The van der Waals surface area contributed by atoms with Crippen molar-refractivity contribution in [2.75, 3.05) is 51.6 Å². The normalized spacial score (nSPS) is 15.7. The van der Waals surface area contributed by atoms with E-state index in [0.717, 1.165) is 22.0 Å². The van der Waals surface area contributed by atoms with Gasteiger partial charge in [0.05, 0.1) is 30.6 Å². The van der Waals surface area contributed by atoms with Gasteiger partial charge in [0.2, 0.25) is 41.4 Å². The smallest absolute Gasteiger partial charge is 0.253 e. The van der Waals surface area contributed by atoms with Gasteiger partial charge in [0.15, 0.2) is 7.85 Å². The van der Waals surface area contributed by atoms with E-state index in [0.29, 0.717) is 5.75 Å². The fourth-order valence-electron chi connectivity index (χ4n) is 3.89. The highest BCUT2D eigenvalue weighted by atomic mass is 32.2. The summed E-state index contributed by atoms with van der Waals surface area (Å²) in [6, 6.07) is 0. The number of carbonyl (C=O) groups is 10. The van der Waals surface area contributed by atoms with E-state index in [1.807, 2.05) is 0 Å². The van der Waals surface area contributed by atoms with Gasteiger partial charge < -0.3 is 31.4 Å². The van der Waals surface area contributed by atoms with Gasteiger partial charge >= 0.3 is 0 Å². The molecule has 45 heavy (non-hydrogen) atoms. The number of hydrogen-bond acceptors (Lipinski definition) is 11. The highest BCUT2D eigenvalue weighted by Crippen LogP contribution is 2.25. The fraction of sp³-hybridized carbons (Fsp3) is 0.538. The molecule has 0 aromatic rings. The van der Waals surface area contributed by atoms with Gasteiger partial charge in [-0.25, -0.2) is 0 Å². The lowest BCUT2D eigenvalue weighted by Crippen LogP contribution is -2.44. The maximum atomic E-state index is 12.4. The second-order valence-corrected chi connectivity index (χ2v) is 11.0. The van der Waals surface area contributed by atoms with Crippen LogP contribution in [0.3, 0.4) is 0 Å². The van der Waals surface area contributed by atoms with Crippen molar-refractivity contribution < 1.29 is 47.9 Å². The molecule has 0 saturated carbocycles. The first-order chi connectivity index (χ1) is 21.4. The summed E-state index contributed by atoms with van der Waals surface area (Å²) in [6.07, 6.45) is 2.43. The SMILES string of the molecule is [B]C(=O)CCSC1CC(=O)N(CCCC(=O)NCC(=O)NCC(=O)NCC(=O)NCCC(=O)NCCN2C(=O)C=CC2=O)C1=O. The van der Waals surface area contributed by atoms with Crippen LogP contribution in [0.4, 0.5) is 0 Å². The second kappa shape index (κ2) is 19.0. The number of likely N-dealkylation sites (tertiary alicyclic amines) is 1. The number of imide groups is 2. The van der Waals surface area contributed by atoms with E-state index in [-0.39, 0.29) is 70.1 Å². The number of amides is 9. The average Bonchev–Trinajstić information content (AvgIpc) is 3.45. The van der Waals surface area contributed by atoms with E-state index >= 15 is 0 Å². The first-order valence-corrected chi connectivity index (χ1v) is 15.0. The van der Waals surface area contributed by atoms with Crippen LogP contribution in [0.15, 0.2) is 12.2 Å². The van der Waals surface area contributed by atoms with Crippen molar-refractivity contribution >= 4 is 78.5 Å². The molecular weight excluding hydrogens is 613 g/mol. The molecule has 2 rings (SSSR count). The highest BCUT2D eigenvalue weighted by molar-refractivity contribution is 8.00. The molecule has 2 heterocycles. The summed E-state index contributed by atoms with van der Waals surface area (Å²) < 4.78 is 0. The van der Waals surface area contributed by atoms with Gasteiger partial charge in [-0.15, -0.1) is 11.8 Å². The molecule has 5 N–H and O–H groups in total. The summed E-state index contributed by atoms with van der Waals surface area (Å²) in [5.74, 6) is -4.16. The van der Waals surface area contributed by atoms with Crippen molar-refractivity contribution in [3.05, 3.63) is 12.2 Å². The molecular formula is C26H34BN7O10S. The van der Waals surface area contributed by atoms with E-state index in [9.17, 15) is 47.9 Å². The zero-order valence-corrected chi connectivity index (χ0v) is 25.2. The Morgan fingerprint density at radius 2 is 1.22 bits per heavy atom. The Hall–Kier alpha value is -4.55. The Labute approximate surface area is 263 Å². The molecule has 2 aliphatic heterocycles. The number of hydrogen-bond donors (Lipinski definition) is 5. The fourth-order valence-corrected chi connectivity index (χ4v) is 5.03. The summed E-state index contributed by atoms with van der Waals surface area (Å²) in [4.78, 5) is 120. The second-order valence-electron chi connectivity index (χ2n) is 9.71. The molecule has 1 fully saturated rings. The molecule has 19 heteroatoms. The van der Waals surface area contributed by atoms with E-state index in [1.54, 1.807) is 0 Å². The minimum Gasteiger partial charge on any atom is -0.354 e. The molecule has 0 bridgehead atoms. The number of rotatable bonds is 20. The van der Waals surface area contributed by atoms with Crippen molar-refractivity contribution in [3.8, 4) is 0 Å². The van der Waals surface area contributed by atoms with Gasteiger partial charge in [0.25, 0.3) is 11.8 Å². The minimum absolute atomic E-state index is 0.0142. The largest absolute Gasteiger partial charge is 0.354 e. The Morgan fingerprint density at radius 3 is 1.82 bits per heavy atom. The first-order valence-electron chi connectivity index (χ1n) is 14.0. The van der Waals surface area contributed by atoms with Gasteiger partial charge in [-0.05, 0) is 6.42 Å².